The molecule has 0 saturated heterocycles. The predicted molar refractivity (Wildman–Crippen MR) is 66.4 cm³/mol. The number of hydrogen-bond donors (Lipinski definition) is 0. The Hall–Kier alpha value is -0.690. The van der Waals surface area contributed by atoms with Crippen LogP contribution >= 0.6 is 33.9 Å². The molecule has 0 saturated carbocycles. The van der Waals surface area contributed by atoms with Crippen molar-refractivity contribution in [3.8, 4) is 5.75 Å². The van der Waals surface area contributed by atoms with Gasteiger partial charge in [0, 0.05) is 5.56 Å². The highest BCUT2D eigenvalue weighted by atomic mass is 127. The van der Waals surface area contributed by atoms with Crippen molar-refractivity contribution < 1.29 is 4.74 Å². The summed E-state index contributed by atoms with van der Waals surface area (Å²) in [7, 11) is 0. The molecule has 0 spiro atoms. The van der Waals surface area contributed by atoms with Crippen molar-refractivity contribution >= 4 is 33.9 Å². The summed E-state index contributed by atoms with van der Waals surface area (Å²) in [6.07, 6.45) is 0. The number of ether oxygens (including phenoxy) is 1. The largest absolute Gasteiger partial charge is 0.492 e. The molecule has 2 aromatic rings. The second-order valence-corrected chi connectivity index (χ2v) is 6.06. The van der Waals surface area contributed by atoms with E-state index in [0.717, 1.165) is 13.8 Å². The number of rotatable bonds is 1. The minimum atomic E-state index is 0.266. The second-order valence-electron chi connectivity index (χ2n) is 3.29. The molecule has 1 atom stereocenters. The van der Waals surface area contributed by atoms with E-state index in [9.17, 15) is 0 Å². The van der Waals surface area contributed by atoms with Crippen LogP contribution in [0.15, 0.2) is 24.3 Å². The lowest BCUT2D eigenvalue weighted by molar-refractivity contribution is 0.342. The molecule has 0 fully saturated rings. The highest BCUT2D eigenvalue weighted by molar-refractivity contribution is 14.1. The Balaban J connectivity index is 2.04. The summed E-state index contributed by atoms with van der Waals surface area (Å²) in [6, 6.07) is 8.13. The van der Waals surface area contributed by atoms with Gasteiger partial charge in [-0.2, -0.15) is 0 Å². The maximum absolute atomic E-state index is 5.61. The fourth-order valence-electron chi connectivity index (χ4n) is 1.72. The normalized spacial score (nSPS) is 18.6. The summed E-state index contributed by atoms with van der Waals surface area (Å²) >= 11 is 3.82. The van der Waals surface area contributed by atoms with E-state index in [4.69, 9.17) is 4.74 Å². The molecular formula is C10H7IN2OS. The Bertz CT molecular complexity index is 500. The quantitative estimate of drug-likeness (QED) is 0.754. The summed E-state index contributed by atoms with van der Waals surface area (Å²) in [5.41, 5.74) is 1.23. The third-order valence-corrected chi connectivity index (χ3v) is 4.12. The van der Waals surface area contributed by atoms with Crippen LogP contribution in [0, 0.1) is 3.01 Å². The van der Waals surface area contributed by atoms with Crippen LogP contribution in [0.1, 0.15) is 16.5 Å². The Morgan fingerprint density at radius 2 is 2.20 bits per heavy atom. The molecule has 0 bridgehead atoms. The van der Waals surface area contributed by atoms with Gasteiger partial charge in [0.1, 0.15) is 17.4 Å². The molecule has 0 radical (unpaired) electrons. The molecule has 76 valence electrons. The number of halogens is 1. The molecule has 2 heterocycles. The zero-order valence-electron chi connectivity index (χ0n) is 7.68. The predicted octanol–water partition coefficient (Wildman–Crippen LogP) is 2.67. The van der Waals surface area contributed by atoms with Crippen molar-refractivity contribution in [1.82, 2.24) is 10.2 Å². The molecular weight excluding hydrogens is 323 g/mol. The monoisotopic (exact) mass is 330 g/mol. The SMILES string of the molecule is Ic1nnc(C2COc3ccccc32)s1. The first-order valence-corrected chi connectivity index (χ1v) is 6.45. The maximum atomic E-state index is 5.61. The molecule has 1 aromatic carbocycles. The van der Waals surface area contributed by atoms with Crippen LogP contribution < -0.4 is 4.74 Å². The number of nitrogens with zero attached hydrogens (tertiary/aromatic N) is 2. The van der Waals surface area contributed by atoms with Gasteiger partial charge in [-0.3, -0.25) is 0 Å². The summed E-state index contributed by atoms with van der Waals surface area (Å²) < 4.78 is 6.59. The zero-order valence-corrected chi connectivity index (χ0v) is 10.7. The fourth-order valence-corrected chi connectivity index (χ4v) is 3.18. The molecule has 15 heavy (non-hydrogen) atoms. The van der Waals surface area contributed by atoms with Crippen molar-refractivity contribution in [3.05, 3.63) is 37.9 Å². The van der Waals surface area contributed by atoms with Gasteiger partial charge < -0.3 is 4.74 Å². The van der Waals surface area contributed by atoms with Gasteiger partial charge in [-0.05, 0) is 28.7 Å². The van der Waals surface area contributed by atoms with Gasteiger partial charge in [-0.25, -0.2) is 0 Å². The van der Waals surface area contributed by atoms with Gasteiger partial charge in [0.05, 0.1) is 5.92 Å². The van der Waals surface area contributed by atoms with Crippen molar-refractivity contribution in [1.29, 1.82) is 0 Å². The van der Waals surface area contributed by atoms with E-state index >= 15 is 0 Å². The number of benzene rings is 1. The molecule has 5 heteroatoms. The molecule has 3 nitrogen and oxygen atoms in total. The van der Waals surface area contributed by atoms with E-state index in [0.29, 0.717) is 6.61 Å². The van der Waals surface area contributed by atoms with Crippen LogP contribution in [0.5, 0.6) is 5.75 Å². The number of aromatic nitrogens is 2. The minimum Gasteiger partial charge on any atom is -0.492 e. The number of hydrogen-bond acceptors (Lipinski definition) is 4. The average molecular weight is 330 g/mol. The van der Waals surface area contributed by atoms with E-state index in [-0.39, 0.29) is 5.92 Å². The van der Waals surface area contributed by atoms with E-state index < -0.39 is 0 Å². The molecule has 1 aliphatic heterocycles. The Kier molecular flexibility index (Phi) is 2.36. The lowest BCUT2D eigenvalue weighted by atomic mass is 10.0. The number of para-hydroxylation sites is 1. The van der Waals surface area contributed by atoms with E-state index in [2.05, 4.69) is 38.9 Å². The first-order valence-electron chi connectivity index (χ1n) is 4.55. The standard InChI is InChI=1S/C10H7IN2OS/c11-10-13-12-9(15-10)7-5-14-8-4-2-1-3-6(7)8/h1-4,7H,5H2. The second kappa shape index (κ2) is 3.71. The van der Waals surface area contributed by atoms with Gasteiger partial charge in [0.15, 0.2) is 3.01 Å². The molecule has 1 unspecified atom stereocenters. The van der Waals surface area contributed by atoms with Gasteiger partial charge in [-0.15, -0.1) is 10.2 Å². The van der Waals surface area contributed by atoms with Gasteiger partial charge >= 0.3 is 0 Å². The molecule has 0 amide bonds. The fraction of sp³-hybridized carbons (Fsp3) is 0.200. The van der Waals surface area contributed by atoms with Crippen molar-refractivity contribution in [2.75, 3.05) is 6.61 Å². The topological polar surface area (TPSA) is 35.0 Å². The smallest absolute Gasteiger partial charge is 0.178 e. The maximum Gasteiger partial charge on any atom is 0.178 e. The Morgan fingerprint density at radius 1 is 1.33 bits per heavy atom. The van der Waals surface area contributed by atoms with E-state index in [1.165, 1.54) is 5.56 Å². The van der Waals surface area contributed by atoms with Gasteiger partial charge in [0.2, 0.25) is 0 Å². The first-order chi connectivity index (χ1) is 7.34. The number of fused-ring (bicyclic) bond motifs is 1. The van der Waals surface area contributed by atoms with Crippen LogP contribution in [0.2, 0.25) is 0 Å². The summed E-state index contributed by atoms with van der Waals surface area (Å²) in [5, 5.41) is 9.26. The summed E-state index contributed by atoms with van der Waals surface area (Å²) in [6.45, 7) is 0.685. The van der Waals surface area contributed by atoms with Gasteiger partial charge in [-0.1, -0.05) is 29.5 Å². The van der Waals surface area contributed by atoms with Crippen LogP contribution in [0.3, 0.4) is 0 Å². The molecule has 1 aromatic heterocycles. The lowest BCUT2D eigenvalue weighted by Crippen LogP contribution is -2.01. The molecule has 0 N–H and O–H groups in total. The van der Waals surface area contributed by atoms with Crippen LogP contribution in [0.4, 0.5) is 0 Å². The minimum absolute atomic E-state index is 0.266. The first kappa shape index (κ1) is 9.53. The van der Waals surface area contributed by atoms with Crippen molar-refractivity contribution in [3.63, 3.8) is 0 Å². The van der Waals surface area contributed by atoms with E-state index in [1.807, 2.05) is 18.2 Å². The lowest BCUT2D eigenvalue weighted by Gasteiger charge is -2.02. The van der Waals surface area contributed by atoms with Crippen molar-refractivity contribution in [2.24, 2.45) is 0 Å². The van der Waals surface area contributed by atoms with Crippen molar-refractivity contribution in [2.45, 2.75) is 5.92 Å². The van der Waals surface area contributed by atoms with Crippen LogP contribution in [0.25, 0.3) is 0 Å². The molecule has 1 aliphatic rings. The molecule has 3 rings (SSSR count). The van der Waals surface area contributed by atoms with Crippen LogP contribution in [-0.4, -0.2) is 16.8 Å². The van der Waals surface area contributed by atoms with Gasteiger partial charge in [0.25, 0.3) is 0 Å². The van der Waals surface area contributed by atoms with Crippen LogP contribution in [-0.2, 0) is 0 Å². The summed E-state index contributed by atoms with van der Waals surface area (Å²) in [5.74, 6) is 1.25. The highest BCUT2D eigenvalue weighted by Gasteiger charge is 2.27. The highest BCUT2D eigenvalue weighted by Crippen LogP contribution is 2.38. The Morgan fingerprint density at radius 3 is 3.00 bits per heavy atom. The molecule has 0 aliphatic carbocycles. The third-order valence-electron chi connectivity index (χ3n) is 2.41. The third kappa shape index (κ3) is 1.63. The summed E-state index contributed by atoms with van der Waals surface area (Å²) in [4.78, 5) is 0. The van der Waals surface area contributed by atoms with E-state index in [1.54, 1.807) is 11.3 Å². The Labute approximate surface area is 105 Å². The average Bonchev–Trinajstić information content (AvgIpc) is 2.83. The zero-order chi connectivity index (χ0) is 10.3.